The van der Waals surface area contributed by atoms with Crippen molar-refractivity contribution in [1.29, 1.82) is 0 Å². The van der Waals surface area contributed by atoms with Crippen molar-refractivity contribution in [3.05, 3.63) is 35.4 Å². The molecule has 0 aliphatic carbocycles. The molecule has 0 bridgehead atoms. The summed E-state index contributed by atoms with van der Waals surface area (Å²) in [6, 6.07) is 7.57. The molecule has 2 N–H and O–H groups in total. The van der Waals surface area contributed by atoms with E-state index in [1.807, 2.05) is 24.3 Å². The van der Waals surface area contributed by atoms with Crippen LogP contribution < -0.4 is 0 Å². The average molecular weight is 394 g/mol. The summed E-state index contributed by atoms with van der Waals surface area (Å²) in [5, 5.41) is 0. The molecule has 25 heavy (non-hydrogen) atoms. The third-order valence-corrected chi connectivity index (χ3v) is 5.08. The van der Waals surface area contributed by atoms with E-state index >= 15 is 0 Å². The molecule has 0 atom stereocenters. The van der Waals surface area contributed by atoms with Gasteiger partial charge in [-0.3, -0.25) is 9.13 Å². The molecule has 0 aromatic heterocycles. The summed E-state index contributed by atoms with van der Waals surface area (Å²) < 4.78 is 30.4. The fourth-order valence-corrected chi connectivity index (χ4v) is 3.32. The van der Waals surface area contributed by atoms with Gasteiger partial charge in [-0.15, -0.1) is 0 Å². The van der Waals surface area contributed by atoms with Crippen LogP contribution in [-0.4, -0.2) is 23.0 Å². The van der Waals surface area contributed by atoms with Crippen LogP contribution in [0.4, 0.5) is 0 Å². The van der Waals surface area contributed by atoms with Gasteiger partial charge in [0.1, 0.15) is 0 Å². The van der Waals surface area contributed by atoms with Gasteiger partial charge in [0.05, 0.1) is 19.4 Å². The third kappa shape index (κ3) is 15.5. The van der Waals surface area contributed by atoms with Crippen molar-refractivity contribution in [1.82, 2.24) is 0 Å². The molecular weight excluding hydrogens is 362 g/mol. The van der Waals surface area contributed by atoms with Crippen molar-refractivity contribution in [2.45, 2.75) is 59.0 Å². The Labute approximate surface area is 152 Å². The minimum atomic E-state index is -3.93. The van der Waals surface area contributed by atoms with E-state index < -0.39 is 15.9 Å². The summed E-state index contributed by atoms with van der Waals surface area (Å²) in [5.74, 6) is 0. The van der Waals surface area contributed by atoms with E-state index in [1.165, 1.54) is 31.2 Å². The van der Waals surface area contributed by atoms with Gasteiger partial charge in [-0.05, 0) is 37.8 Å². The maximum atomic E-state index is 10.8. The van der Waals surface area contributed by atoms with Crippen molar-refractivity contribution in [2.24, 2.45) is 0 Å². The molecular formula is C17H32O6P2. The van der Waals surface area contributed by atoms with Gasteiger partial charge in [0.2, 0.25) is 0 Å². The van der Waals surface area contributed by atoms with Gasteiger partial charge in [-0.25, -0.2) is 0 Å². The third-order valence-electron chi connectivity index (χ3n) is 3.25. The Morgan fingerprint density at radius 1 is 0.920 bits per heavy atom. The van der Waals surface area contributed by atoms with Crippen molar-refractivity contribution in [3.63, 3.8) is 0 Å². The van der Waals surface area contributed by atoms with Gasteiger partial charge in [-0.2, -0.15) is 0 Å². The fraction of sp³-hybridized carbons (Fsp3) is 0.647. The van der Waals surface area contributed by atoms with E-state index in [0.717, 1.165) is 6.42 Å². The summed E-state index contributed by atoms with van der Waals surface area (Å²) in [7, 11) is -6.07. The largest absolute Gasteiger partial charge is 0.329 e. The lowest BCUT2D eigenvalue weighted by molar-refractivity contribution is 0.243. The van der Waals surface area contributed by atoms with E-state index in [-0.39, 0.29) is 6.16 Å². The Balaban J connectivity index is 0.000000609. The first-order chi connectivity index (χ1) is 11.8. The number of benzene rings is 1. The van der Waals surface area contributed by atoms with Crippen LogP contribution in [0.15, 0.2) is 24.3 Å². The summed E-state index contributed by atoms with van der Waals surface area (Å²) in [4.78, 5) is 17.7. The van der Waals surface area contributed by atoms with Gasteiger partial charge in [0.15, 0.2) is 0 Å². The second-order valence-corrected chi connectivity index (χ2v) is 8.29. The Kier molecular flexibility index (Phi) is 14.4. The van der Waals surface area contributed by atoms with Gasteiger partial charge in [0, 0.05) is 0 Å². The van der Waals surface area contributed by atoms with Crippen LogP contribution in [0.5, 0.6) is 0 Å². The molecule has 1 rings (SSSR count). The Bertz CT molecular complexity index is 504. The standard InChI is InChI=1S/C13H21O3P.C4H11O3P/c1-2-3-4-5-6-12-7-9-13(10-8-12)11-17(14,15)16;1-3-6-8(5)7-4-2/h7-10H,2-6,11H2,1H3,(H2,14,15,16);8H,3-4H2,1-2H3. The predicted molar refractivity (Wildman–Crippen MR) is 102 cm³/mol. The molecule has 0 spiro atoms. The molecule has 0 aliphatic heterocycles. The highest BCUT2D eigenvalue weighted by Gasteiger charge is 2.13. The van der Waals surface area contributed by atoms with Crippen LogP contribution in [0.1, 0.15) is 57.6 Å². The van der Waals surface area contributed by atoms with E-state index in [0.29, 0.717) is 18.8 Å². The summed E-state index contributed by atoms with van der Waals surface area (Å²) >= 11 is 0. The summed E-state index contributed by atoms with van der Waals surface area (Å²) in [6.45, 7) is 6.66. The first-order valence-corrected chi connectivity index (χ1v) is 11.8. The molecule has 8 heteroatoms. The first-order valence-electron chi connectivity index (χ1n) is 8.74. The topological polar surface area (TPSA) is 93.1 Å². The molecule has 1 aromatic rings. The molecule has 0 fully saturated rings. The van der Waals surface area contributed by atoms with Crippen LogP contribution in [0.25, 0.3) is 0 Å². The number of rotatable bonds is 11. The smallest absolute Gasteiger partial charge is 0.324 e. The molecule has 6 nitrogen and oxygen atoms in total. The number of unbranched alkanes of at least 4 members (excludes halogenated alkanes) is 3. The molecule has 0 heterocycles. The Morgan fingerprint density at radius 3 is 1.88 bits per heavy atom. The first kappa shape index (κ1) is 24.5. The Morgan fingerprint density at radius 2 is 1.44 bits per heavy atom. The van der Waals surface area contributed by atoms with Crippen LogP contribution in [0, 0.1) is 0 Å². The molecule has 0 amide bonds. The lowest BCUT2D eigenvalue weighted by Gasteiger charge is -2.05. The van der Waals surface area contributed by atoms with E-state index in [4.69, 9.17) is 9.79 Å². The molecule has 0 saturated heterocycles. The molecule has 146 valence electrons. The molecule has 0 unspecified atom stereocenters. The van der Waals surface area contributed by atoms with Crippen LogP contribution in [-0.2, 0) is 30.8 Å². The van der Waals surface area contributed by atoms with Crippen molar-refractivity contribution >= 4 is 15.9 Å². The summed E-state index contributed by atoms with van der Waals surface area (Å²) in [5.41, 5.74) is 1.95. The van der Waals surface area contributed by atoms with Gasteiger partial charge in [-0.1, -0.05) is 50.5 Å². The number of hydrogen-bond donors (Lipinski definition) is 2. The lowest BCUT2D eigenvalue weighted by Crippen LogP contribution is -1.89. The maximum Gasteiger partial charge on any atom is 0.329 e. The van der Waals surface area contributed by atoms with E-state index in [9.17, 15) is 9.13 Å². The zero-order valence-corrected chi connectivity index (χ0v) is 17.3. The van der Waals surface area contributed by atoms with E-state index in [1.54, 1.807) is 13.8 Å². The SMILES string of the molecule is CCCCCCc1ccc(CP(=O)(O)O)cc1.CCO[PH](=O)OCC. The van der Waals surface area contributed by atoms with E-state index in [2.05, 4.69) is 16.0 Å². The maximum absolute atomic E-state index is 10.8. The lowest BCUT2D eigenvalue weighted by atomic mass is 10.1. The zero-order chi connectivity index (χ0) is 19.1. The highest BCUT2D eigenvalue weighted by Crippen LogP contribution is 2.38. The van der Waals surface area contributed by atoms with Crippen LogP contribution in [0.3, 0.4) is 0 Å². The molecule has 1 aromatic carbocycles. The van der Waals surface area contributed by atoms with Gasteiger partial charge < -0.3 is 18.8 Å². The second-order valence-electron chi connectivity index (χ2n) is 5.57. The zero-order valence-electron chi connectivity index (χ0n) is 15.4. The predicted octanol–water partition coefficient (Wildman–Crippen LogP) is 4.94. The van der Waals surface area contributed by atoms with Gasteiger partial charge >= 0.3 is 15.9 Å². The number of aryl methyl sites for hydroxylation is 1. The highest BCUT2D eigenvalue weighted by molar-refractivity contribution is 7.50. The average Bonchev–Trinajstić information content (AvgIpc) is 2.53. The molecule has 0 radical (unpaired) electrons. The molecule has 0 aliphatic rings. The monoisotopic (exact) mass is 394 g/mol. The normalized spacial score (nSPS) is 11.3. The second kappa shape index (κ2) is 14.7. The molecule has 0 saturated carbocycles. The Hall–Kier alpha value is -0.480. The van der Waals surface area contributed by atoms with Crippen molar-refractivity contribution in [2.75, 3.05) is 13.2 Å². The highest BCUT2D eigenvalue weighted by atomic mass is 31.2. The van der Waals surface area contributed by atoms with Gasteiger partial charge in [0.25, 0.3) is 0 Å². The number of hydrogen-bond acceptors (Lipinski definition) is 4. The van der Waals surface area contributed by atoms with Crippen LogP contribution >= 0.6 is 15.9 Å². The minimum absolute atomic E-state index is 0.164. The van der Waals surface area contributed by atoms with Crippen molar-refractivity contribution in [3.8, 4) is 0 Å². The minimum Gasteiger partial charge on any atom is -0.324 e. The van der Waals surface area contributed by atoms with Crippen LogP contribution in [0.2, 0.25) is 0 Å². The fourth-order valence-electron chi connectivity index (χ4n) is 2.08. The van der Waals surface area contributed by atoms with Crippen molar-refractivity contribution < 1.29 is 28.0 Å². The summed E-state index contributed by atoms with van der Waals surface area (Å²) in [6.07, 6.45) is 5.84. The quantitative estimate of drug-likeness (QED) is 0.408.